The van der Waals surface area contributed by atoms with E-state index in [1.54, 1.807) is 7.11 Å². The van der Waals surface area contributed by atoms with E-state index in [1.165, 1.54) is 0 Å². The number of rotatable bonds is 3. The molecule has 0 aliphatic rings. The largest absolute Gasteiger partial charge is 0.497 e. The van der Waals surface area contributed by atoms with Crippen molar-refractivity contribution in [1.29, 1.82) is 0 Å². The van der Waals surface area contributed by atoms with Crippen molar-refractivity contribution in [2.24, 2.45) is 0 Å². The van der Waals surface area contributed by atoms with Crippen LogP contribution in [0.25, 0.3) is 0 Å². The number of carbonyl (C=O) groups excluding carboxylic acids is 1. The SMILES string of the molecule is COc1ccc(CNC(=O)S)cc1. The average molecular weight is 197 g/mol. The van der Waals surface area contributed by atoms with E-state index in [0.717, 1.165) is 11.3 Å². The second-order valence-corrected chi connectivity index (χ2v) is 2.91. The zero-order valence-electron chi connectivity index (χ0n) is 7.28. The van der Waals surface area contributed by atoms with E-state index in [4.69, 9.17) is 4.74 Å². The highest BCUT2D eigenvalue weighted by molar-refractivity contribution is 7.96. The van der Waals surface area contributed by atoms with E-state index in [0.29, 0.717) is 6.54 Å². The van der Waals surface area contributed by atoms with Crippen molar-refractivity contribution in [3.63, 3.8) is 0 Å². The molecule has 0 spiro atoms. The van der Waals surface area contributed by atoms with Gasteiger partial charge in [0.25, 0.3) is 5.24 Å². The van der Waals surface area contributed by atoms with E-state index >= 15 is 0 Å². The molecule has 0 aliphatic heterocycles. The smallest absolute Gasteiger partial charge is 0.276 e. The maximum atomic E-state index is 10.5. The molecule has 0 aromatic heterocycles. The summed E-state index contributed by atoms with van der Waals surface area (Å²) >= 11 is 3.59. The number of hydrogen-bond donors (Lipinski definition) is 2. The van der Waals surface area contributed by atoms with Gasteiger partial charge >= 0.3 is 0 Å². The van der Waals surface area contributed by atoms with Gasteiger partial charge in [-0.15, -0.1) is 0 Å². The number of nitrogens with one attached hydrogen (secondary N) is 1. The highest BCUT2D eigenvalue weighted by Gasteiger charge is 1.95. The van der Waals surface area contributed by atoms with Crippen LogP contribution in [0.1, 0.15) is 5.56 Å². The number of thiol groups is 1. The first kappa shape index (κ1) is 9.92. The van der Waals surface area contributed by atoms with Gasteiger partial charge in [0.1, 0.15) is 5.75 Å². The normalized spacial score (nSPS) is 9.38. The van der Waals surface area contributed by atoms with Gasteiger partial charge in [-0.3, -0.25) is 4.79 Å². The summed E-state index contributed by atoms with van der Waals surface area (Å²) in [6, 6.07) is 7.48. The maximum absolute atomic E-state index is 10.5. The minimum absolute atomic E-state index is 0.323. The van der Waals surface area contributed by atoms with Gasteiger partial charge in [0, 0.05) is 6.54 Å². The predicted octanol–water partition coefficient (Wildman–Crippen LogP) is 1.83. The number of hydrogen-bond acceptors (Lipinski definition) is 2. The van der Waals surface area contributed by atoms with Crippen LogP contribution < -0.4 is 10.1 Å². The van der Waals surface area contributed by atoms with Crippen LogP contribution in [-0.2, 0) is 6.54 Å². The molecule has 0 heterocycles. The lowest BCUT2D eigenvalue weighted by Crippen LogP contribution is -2.15. The fourth-order valence-corrected chi connectivity index (χ4v) is 1.00. The van der Waals surface area contributed by atoms with Crippen molar-refractivity contribution >= 4 is 17.9 Å². The third kappa shape index (κ3) is 3.38. The summed E-state index contributed by atoms with van der Waals surface area (Å²) in [6.07, 6.45) is 0. The molecule has 0 unspecified atom stereocenters. The van der Waals surface area contributed by atoms with Crippen LogP contribution in [0.3, 0.4) is 0 Å². The van der Waals surface area contributed by atoms with Gasteiger partial charge in [-0.25, -0.2) is 0 Å². The van der Waals surface area contributed by atoms with E-state index in [-0.39, 0.29) is 5.24 Å². The minimum atomic E-state index is -0.323. The van der Waals surface area contributed by atoms with E-state index in [1.807, 2.05) is 24.3 Å². The van der Waals surface area contributed by atoms with Gasteiger partial charge in [-0.1, -0.05) is 24.8 Å². The van der Waals surface area contributed by atoms with Crippen LogP contribution in [0.15, 0.2) is 24.3 Å². The lowest BCUT2D eigenvalue weighted by molar-refractivity contribution is 0.260. The van der Waals surface area contributed by atoms with Gasteiger partial charge in [-0.2, -0.15) is 0 Å². The fourth-order valence-electron chi connectivity index (χ4n) is 0.921. The number of methoxy groups -OCH3 is 1. The summed E-state index contributed by atoms with van der Waals surface area (Å²) in [5.41, 5.74) is 1.02. The lowest BCUT2D eigenvalue weighted by atomic mass is 10.2. The van der Waals surface area contributed by atoms with E-state index < -0.39 is 0 Å². The predicted molar refractivity (Wildman–Crippen MR) is 54.2 cm³/mol. The molecule has 1 N–H and O–H groups in total. The molecule has 0 radical (unpaired) electrons. The van der Waals surface area contributed by atoms with Gasteiger partial charge in [0.2, 0.25) is 0 Å². The molecule has 0 aliphatic carbocycles. The van der Waals surface area contributed by atoms with Crippen molar-refractivity contribution < 1.29 is 9.53 Å². The maximum Gasteiger partial charge on any atom is 0.276 e. The highest BCUT2D eigenvalue weighted by atomic mass is 32.1. The number of carbonyl (C=O) groups is 1. The summed E-state index contributed by atoms with van der Waals surface area (Å²) in [4.78, 5) is 10.5. The Labute approximate surface area is 82.5 Å². The molecule has 13 heavy (non-hydrogen) atoms. The van der Waals surface area contributed by atoms with Crippen molar-refractivity contribution in [2.45, 2.75) is 6.54 Å². The minimum Gasteiger partial charge on any atom is -0.497 e. The zero-order chi connectivity index (χ0) is 9.68. The monoisotopic (exact) mass is 197 g/mol. The van der Waals surface area contributed by atoms with Crippen molar-refractivity contribution in [1.82, 2.24) is 5.32 Å². The second-order valence-electron chi connectivity index (χ2n) is 2.51. The van der Waals surface area contributed by atoms with Gasteiger partial charge in [-0.05, 0) is 17.7 Å². The van der Waals surface area contributed by atoms with E-state index in [2.05, 4.69) is 17.9 Å². The Morgan fingerprint density at radius 2 is 2.08 bits per heavy atom. The Bertz CT molecular complexity index is 284. The molecular formula is C9H11NO2S. The standard InChI is InChI=1S/C9H11NO2S/c1-12-8-4-2-7(3-5-8)6-10-9(11)13/h2-5H,6H2,1H3,(H2,10,11,13). The van der Waals surface area contributed by atoms with Crippen LogP contribution in [0.4, 0.5) is 4.79 Å². The molecule has 1 amide bonds. The van der Waals surface area contributed by atoms with E-state index in [9.17, 15) is 4.79 Å². The topological polar surface area (TPSA) is 38.3 Å². The second kappa shape index (κ2) is 4.77. The van der Waals surface area contributed by atoms with Crippen LogP contribution in [0.5, 0.6) is 5.75 Å². The Kier molecular flexibility index (Phi) is 3.64. The first-order valence-corrected chi connectivity index (χ1v) is 4.27. The number of benzene rings is 1. The molecule has 1 aromatic rings. The Morgan fingerprint density at radius 1 is 1.46 bits per heavy atom. The molecular weight excluding hydrogens is 186 g/mol. The quantitative estimate of drug-likeness (QED) is 0.725. The Balaban J connectivity index is 2.54. The number of amides is 1. The molecule has 0 fully saturated rings. The third-order valence-corrected chi connectivity index (χ3v) is 1.76. The van der Waals surface area contributed by atoms with Crippen molar-refractivity contribution in [3.8, 4) is 5.75 Å². The Morgan fingerprint density at radius 3 is 2.54 bits per heavy atom. The van der Waals surface area contributed by atoms with Crippen LogP contribution in [0.2, 0.25) is 0 Å². The summed E-state index contributed by atoms with van der Waals surface area (Å²) in [6.45, 7) is 0.492. The Hall–Kier alpha value is -1.16. The number of ether oxygens (including phenoxy) is 1. The average Bonchev–Trinajstić information content (AvgIpc) is 2.15. The molecule has 4 heteroatoms. The van der Waals surface area contributed by atoms with Crippen LogP contribution in [-0.4, -0.2) is 12.3 Å². The lowest BCUT2D eigenvalue weighted by Gasteiger charge is -2.03. The van der Waals surface area contributed by atoms with Gasteiger partial charge in [0.15, 0.2) is 0 Å². The first-order valence-electron chi connectivity index (χ1n) is 3.82. The summed E-state index contributed by atoms with van der Waals surface area (Å²) in [5, 5.41) is 2.26. The molecule has 70 valence electrons. The van der Waals surface area contributed by atoms with Gasteiger partial charge in [0.05, 0.1) is 7.11 Å². The third-order valence-electron chi connectivity index (χ3n) is 1.60. The van der Waals surface area contributed by atoms with Crippen molar-refractivity contribution in [3.05, 3.63) is 29.8 Å². The van der Waals surface area contributed by atoms with Crippen LogP contribution in [0, 0.1) is 0 Å². The molecule has 1 aromatic carbocycles. The molecule has 0 atom stereocenters. The highest BCUT2D eigenvalue weighted by Crippen LogP contribution is 2.10. The molecule has 0 bridgehead atoms. The molecule has 0 saturated carbocycles. The van der Waals surface area contributed by atoms with Gasteiger partial charge < -0.3 is 10.1 Å². The summed E-state index contributed by atoms with van der Waals surface area (Å²) in [5.74, 6) is 0.806. The molecule has 0 saturated heterocycles. The summed E-state index contributed by atoms with van der Waals surface area (Å²) in [7, 11) is 1.62. The molecule has 1 rings (SSSR count). The first-order chi connectivity index (χ1) is 6.22. The fraction of sp³-hybridized carbons (Fsp3) is 0.222. The zero-order valence-corrected chi connectivity index (χ0v) is 8.17. The van der Waals surface area contributed by atoms with Crippen molar-refractivity contribution in [2.75, 3.05) is 7.11 Å². The van der Waals surface area contributed by atoms with Crippen LogP contribution >= 0.6 is 12.6 Å². The molecule has 3 nitrogen and oxygen atoms in total. The summed E-state index contributed by atoms with van der Waals surface area (Å²) < 4.78 is 4.99.